The molecule has 132 valence electrons. The van der Waals surface area contributed by atoms with Crippen molar-refractivity contribution in [2.24, 2.45) is 5.41 Å². The normalized spacial score (nSPS) is 25.4. The molecule has 2 fully saturated rings. The minimum Gasteiger partial charge on any atom is -0.383 e. The van der Waals surface area contributed by atoms with Gasteiger partial charge in [0.15, 0.2) is 0 Å². The van der Waals surface area contributed by atoms with Gasteiger partial charge in [0.1, 0.15) is 0 Å². The van der Waals surface area contributed by atoms with E-state index >= 15 is 0 Å². The van der Waals surface area contributed by atoms with Crippen LogP contribution in [0.15, 0.2) is 30.3 Å². The van der Waals surface area contributed by atoms with Gasteiger partial charge in [0.05, 0.1) is 6.61 Å². The number of nitrogens with zero attached hydrogens (tertiary/aromatic N) is 2. The van der Waals surface area contributed by atoms with Crippen LogP contribution in [-0.2, 0) is 16.0 Å². The van der Waals surface area contributed by atoms with Crippen LogP contribution >= 0.6 is 0 Å². The fourth-order valence-electron chi connectivity index (χ4n) is 4.27. The molecule has 1 aromatic rings. The number of methoxy groups -OCH3 is 1. The number of carbonyl (C=O) groups is 1. The highest BCUT2D eigenvalue weighted by Gasteiger charge is 2.41. The van der Waals surface area contributed by atoms with Gasteiger partial charge in [-0.25, -0.2) is 0 Å². The fourth-order valence-corrected chi connectivity index (χ4v) is 4.27. The number of piperidine rings is 2. The van der Waals surface area contributed by atoms with E-state index in [2.05, 4.69) is 34.1 Å². The third-order valence-corrected chi connectivity index (χ3v) is 5.61. The summed E-state index contributed by atoms with van der Waals surface area (Å²) in [7, 11) is 1.77. The van der Waals surface area contributed by atoms with Gasteiger partial charge in [0.25, 0.3) is 0 Å². The van der Waals surface area contributed by atoms with Crippen molar-refractivity contribution >= 4 is 5.91 Å². The Hall–Kier alpha value is -1.39. The summed E-state index contributed by atoms with van der Waals surface area (Å²) in [5, 5.41) is 0. The molecule has 2 aliphatic rings. The number of hydrogen-bond acceptors (Lipinski definition) is 3. The smallest absolute Gasteiger partial charge is 0.222 e. The number of ether oxygens (including phenoxy) is 1. The monoisotopic (exact) mass is 330 g/mol. The topological polar surface area (TPSA) is 32.8 Å². The third kappa shape index (κ3) is 4.37. The zero-order valence-electron chi connectivity index (χ0n) is 14.9. The highest BCUT2D eigenvalue weighted by Crippen LogP contribution is 2.38. The zero-order chi connectivity index (χ0) is 16.8. The van der Waals surface area contributed by atoms with Crippen LogP contribution in [0.3, 0.4) is 0 Å². The van der Waals surface area contributed by atoms with Crippen LogP contribution < -0.4 is 0 Å². The molecule has 0 bridgehead atoms. The molecule has 24 heavy (non-hydrogen) atoms. The third-order valence-electron chi connectivity index (χ3n) is 5.61. The molecule has 1 aromatic carbocycles. The number of carbonyl (C=O) groups excluding carboxylic acids is 1. The number of benzene rings is 1. The van der Waals surface area contributed by atoms with E-state index in [9.17, 15) is 4.79 Å². The molecule has 1 amide bonds. The van der Waals surface area contributed by atoms with Gasteiger partial charge < -0.3 is 14.5 Å². The van der Waals surface area contributed by atoms with Gasteiger partial charge in [0, 0.05) is 45.1 Å². The predicted octanol–water partition coefficient (Wildman–Crippen LogP) is 2.58. The highest BCUT2D eigenvalue weighted by molar-refractivity contribution is 5.77. The van der Waals surface area contributed by atoms with Gasteiger partial charge in [-0.1, -0.05) is 30.3 Å². The minimum absolute atomic E-state index is 0.302. The summed E-state index contributed by atoms with van der Waals surface area (Å²) in [6.45, 7) is 5.88. The average molecular weight is 330 g/mol. The molecule has 0 aliphatic carbocycles. The van der Waals surface area contributed by atoms with Crippen molar-refractivity contribution in [2.75, 3.05) is 46.4 Å². The second-order valence-corrected chi connectivity index (χ2v) is 7.42. The summed E-state index contributed by atoms with van der Waals surface area (Å²) in [5.41, 5.74) is 1.62. The molecule has 2 saturated heterocycles. The molecule has 2 aliphatic heterocycles. The summed E-state index contributed by atoms with van der Waals surface area (Å²) in [4.78, 5) is 17.0. The Bertz CT molecular complexity index is 534. The van der Waals surface area contributed by atoms with Crippen molar-refractivity contribution in [2.45, 2.75) is 32.1 Å². The van der Waals surface area contributed by atoms with Crippen molar-refractivity contribution < 1.29 is 9.53 Å². The van der Waals surface area contributed by atoms with Crippen LogP contribution in [-0.4, -0.2) is 62.1 Å². The quantitative estimate of drug-likeness (QED) is 0.804. The lowest BCUT2D eigenvalue weighted by molar-refractivity contribution is -0.139. The summed E-state index contributed by atoms with van der Waals surface area (Å²) in [6.07, 6.45) is 5.22. The Morgan fingerprint density at radius 2 is 1.96 bits per heavy atom. The standard InChI is InChI=1S/C20H30N2O2/c1-24-15-14-21-12-5-10-20(16-21)11-8-19(23)22(17-20)13-9-18-6-3-2-4-7-18/h2-4,6-7H,5,8-17H2,1H3/t20-/m1/s1. The molecule has 3 rings (SSSR count). The second-order valence-electron chi connectivity index (χ2n) is 7.42. The van der Waals surface area contributed by atoms with Crippen LogP contribution in [0.2, 0.25) is 0 Å². The number of likely N-dealkylation sites (tertiary alicyclic amines) is 2. The van der Waals surface area contributed by atoms with E-state index in [-0.39, 0.29) is 0 Å². The lowest BCUT2D eigenvalue weighted by atomic mass is 9.73. The molecule has 4 nitrogen and oxygen atoms in total. The van der Waals surface area contributed by atoms with Crippen LogP contribution in [0.1, 0.15) is 31.2 Å². The number of rotatable bonds is 6. The SMILES string of the molecule is COCCN1CCC[C@@]2(CCC(=O)N(CCc3ccccc3)C2)C1. The van der Waals surface area contributed by atoms with E-state index < -0.39 is 0 Å². The van der Waals surface area contributed by atoms with Gasteiger partial charge in [-0.15, -0.1) is 0 Å². The highest BCUT2D eigenvalue weighted by atomic mass is 16.5. The van der Waals surface area contributed by atoms with Crippen LogP contribution in [0.5, 0.6) is 0 Å². The van der Waals surface area contributed by atoms with E-state index in [1.165, 1.54) is 24.9 Å². The molecule has 0 aromatic heterocycles. The van der Waals surface area contributed by atoms with E-state index in [1.54, 1.807) is 7.11 Å². The summed E-state index contributed by atoms with van der Waals surface area (Å²) in [6, 6.07) is 10.5. The summed E-state index contributed by atoms with van der Waals surface area (Å²) in [5.74, 6) is 0.338. The van der Waals surface area contributed by atoms with E-state index in [1.807, 2.05) is 6.07 Å². The largest absolute Gasteiger partial charge is 0.383 e. The summed E-state index contributed by atoms with van der Waals surface area (Å²) < 4.78 is 5.24. The predicted molar refractivity (Wildman–Crippen MR) is 95.9 cm³/mol. The van der Waals surface area contributed by atoms with Crippen molar-refractivity contribution in [1.82, 2.24) is 9.80 Å². The van der Waals surface area contributed by atoms with E-state index in [0.717, 1.165) is 45.6 Å². The van der Waals surface area contributed by atoms with Crippen molar-refractivity contribution in [3.8, 4) is 0 Å². The Morgan fingerprint density at radius 1 is 1.12 bits per heavy atom. The molecule has 0 unspecified atom stereocenters. The maximum Gasteiger partial charge on any atom is 0.222 e. The molecular weight excluding hydrogens is 300 g/mol. The van der Waals surface area contributed by atoms with Crippen molar-refractivity contribution in [3.63, 3.8) is 0 Å². The van der Waals surface area contributed by atoms with E-state index in [0.29, 0.717) is 17.7 Å². The molecule has 0 saturated carbocycles. The maximum atomic E-state index is 12.4. The van der Waals surface area contributed by atoms with Gasteiger partial charge in [0.2, 0.25) is 5.91 Å². The molecule has 1 atom stereocenters. The van der Waals surface area contributed by atoms with E-state index in [4.69, 9.17) is 4.74 Å². The molecule has 0 N–H and O–H groups in total. The van der Waals surface area contributed by atoms with Crippen LogP contribution in [0.25, 0.3) is 0 Å². The van der Waals surface area contributed by atoms with Crippen LogP contribution in [0.4, 0.5) is 0 Å². The van der Waals surface area contributed by atoms with Gasteiger partial charge >= 0.3 is 0 Å². The van der Waals surface area contributed by atoms with Crippen LogP contribution in [0, 0.1) is 5.41 Å². The first kappa shape index (κ1) is 17.4. The number of amides is 1. The maximum absolute atomic E-state index is 12.4. The Morgan fingerprint density at radius 3 is 2.75 bits per heavy atom. The Balaban J connectivity index is 1.58. The van der Waals surface area contributed by atoms with Gasteiger partial charge in [-0.2, -0.15) is 0 Å². The molecule has 1 spiro atoms. The Kier molecular flexibility index (Phi) is 5.90. The van der Waals surface area contributed by atoms with Gasteiger partial charge in [-0.3, -0.25) is 4.79 Å². The first-order valence-corrected chi connectivity index (χ1v) is 9.24. The summed E-state index contributed by atoms with van der Waals surface area (Å²) >= 11 is 0. The van der Waals surface area contributed by atoms with Crippen molar-refractivity contribution in [3.05, 3.63) is 35.9 Å². The molecule has 0 radical (unpaired) electrons. The fraction of sp³-hybridized carbons (Fsp3) is 0.650. The first-order chi connectivity index (χ1) is 11.7. The Labute approximate surface area is 145 Å². The average Bonchev–Trinajstić information content (AvgIpc) is 2.62. The molecule has 2 heterocycles. The molecular formula is C20H30N2O2. The molecule has 4 heteroatoms. The number of hydrogen-bond donors (Lipinski definition) is 0. The van der Waals surface area contributed by atoms with Gasteiger partial charge in [-0.05, 0) is 37.8 Å². The lowest BCUT2D eigenvalue weighted by Gasteiger charge is -2.48. The zero-order valence-corrected chi connectivity index (χ0v) is 14.9. The first-order valence-electron chi connectivity index (χ1n) is 9.24. The minimum atomic E-state index is 0.302. The van der Waals surface area contributed by atoms with Crippen molar-refractivity contribution in [1.29, 1.82) is 0 Å². The second kappa shape index (κ2) is 8.13. The lowest BCUT2D eigenvalue weighted by Crippen LogP contribution is -2.54.